The minimum absolute atomic E-state index is 0.142. The fourth-order valence-electron chi connectivity index (χ4n) is 4.45. The van der Waals surface area contributed by atoms with E-state index in [-0.39, 0.29) is 23.3 Å². The molecule has 0 atom stereocenters. The lowest BCUT2D eigenvalue weighted by atomic mass is 10.2. The second kappa shape index (κ2) is 9.01. The molecule has 0 spiro atoms. The average Bonchev–Trinajstić information content (AvgIpc) is 3.46. The number of carbonyl (C=O) groups is 1. The van der Waals surface area contributed by atoms with Crippen LogP contribution in [0.2, 0.25) is 0 Å². The summed E-state index contributed by atoms with van der Waals surface area (Å²) in [5.41, 5.74) is 9.67. The molecular formula is C25H26N6O3. The van der Waals surface area contributed by atoms with Gasteiger partial charge in [0, 0.05) is 11.6 Å². The predicted octanol–water partition coefficient (Wildman–Crippen LogP) is 3.74. The van der Waals surface area contributed by atoms with Gasteiger partial charge >= 0.3 is 0 Å². The first-order valence-electron chi connectivity index (χ1n) is 11.2. The molecule has 9 heteroatoms. The van der Waals surface area contributed by atoms with Gasteiger partial charge < -0.3 is 20.5 Å². The molecule has 1 aliphatic carbocycles. The zero-order chi connectivity index (χ0) is 23.7. The largest absolute Gasteiger partial charge is 0.493 e. The van der Waals surface area contributed by atoms with Crippen molar-refractivity contribution in [2.24, 2.45) is 5.10 Å². The third-order valence-corrected chi connectivity index (χ3v) is 6.14. The van der Waals surface area contributed by atoms with E-state index in [9.17, 15) is 4.79 Å². The Morgan fingerprint density at radius 3 is 2.53 bits per heavy atom. The SMILES string of the molecule is COc1cccc(/C=N\n2c(N)c(C(=O)NC3CCCC3)c3nc4ccccc4nc32)c1OC. The molecule has 1 saturated carbocycles. The van der Waals surface area contributed by atoms with Gasteiger partial charge in [0.05, 0.1) is 31.5 Å². The van der Waals surface area contributed by atoms with Crippen LogP contribution in [0.25, 0.3) is 22.2 Å². The van der Waals surface area contributed by atoms with Crippen molar-refractivity contribution in [3.8, 4) is 11.5 Å². The Hall–Kier alpha value is -4.14. The summed E-state index contributed by atoms with van der Waals surface area (Å²) >= 11 is 0. The number of rotatable bonds is 6. The number of hydrogen-bond acceptors (Lipinski definition) is 7. The number of carbonyl (C=O) groups excluding carboxylic acids is 1. The summed E-state index contributed by atoms with van der Waals surface area (Å²) in [4.78, 5) is 22.7. The first-order chi connectivity index (χ1) is 16.6. The summed E-state index contributed by atoms with van der Waals surface area (Å²) in [6.07, 6.45) is 5.75. The summed E-state index contributed by atoms with van der Waals surface area (Å²) in [7, 11) is 3.14. The van der Waals surface area contributed by atoms with Crippen molar-refractivity contribution in [3.63, 3.8) is 0 Å². The molecule has 2 aromatic carbocycles. The normalized spacial score (nSPS) is 14.3. The van der Waals surface area contributed by atoms with Crippen molar-refractivity contribution in [2.75, 3.05) is 20.0 Å². The van der Waals surface area contributed by atoms with Crippen LogP contribution in [-0.4, -0.2) is 47.0 Å². The molecule has 0 unspecified atom stereocenters. The van der Waals surface area contributed by atoms with Crippen LogP contribution in [0.4, 0.5) is 5.82 Å². The van der Waals surface area contributed by atoms with Crippen molar-refractivity contribution < 1.29 is 14.3 Å². The van der Waals surface area contributed by atoms with E-state index in [1.165, 1.54) is 4.68 Å². The zero-order valence-electron chi connectivity index (χ0n) is 19.1. The van der Waals surface area contributed by atoms with E-state index in [0.717, 1.165) is 25.7 Å². The van der Waals surface area contributed by atoms with Crippen LogP contribution in [0, 0.1) is 0 Å². The van der Waals surface area contributed by atoms with Gasteiger partial charge in [0.2, 0.25) is 0 Å². The molecule has 0 bridgehead atoms. The number of hydrogen-bond donors (Lipinski definition) is 2. The van der Waals surface area contributed by atoms with E-state index in [2.05, 4.69) is 10.4 Å². The number of fused-ring (bicyclic) bond motifs is 2. The van der Waals surface area contributed by atoms with Crippen LogP contribution in [0.15, 0.2) is 47.6 Å². The Balaban J connectivity index is 1.65. The quantitative estimate of drug-likeness (QED) is 0.425. The van der Waals surface area contributed by atoms with Gasteiger partial charge in [-0.3, -0.25) is 4.79 Å². The van der Waals surface area contributed by atoms with Crippen LogP contribution in [0.1, 0.15) is 41.6 Å². The van der Waals surface area contributed by atoms with Crippen molar-refractivity contribution in [1.82, 2.24) is 20.0 Å². The van der Waals surface area contributed by atoms with Gasteiger partial charge in [-0.15, -0.1) is 0 Å². The third kappa shape index (κ3) is 3.79. The molecule has 5 rings (SSSR count). The number of anilines is 1. The molecule has 9 nitrogen and oxygen atoms in total. The number of benzene rings is 2. The summed E-state index contributed by atoms with van der Waals surface area (Å²) in [5, 5.41) is 7.69. The predicted molar refractivity (Wildman–Crippen MR) is 132 cm³/mol. The Labute approximate surface area is 196 Å². The van der Waals surface area contributed by atoms with Crippen LogP contribution < -0.4 is 20.5 Å². The van der Waals surface area contributed by atoms with Crippen LogP contribution >= 0.6 is 0 Å². The molecule has 0 aliphatic heterocycles. The minimum atomic E-state index is -0.258. The van der Waals surface area contributed by atoms with Gasteiger partial charge in [-0.2, -0.15) is 9.78 Å². The molecular weight excluding hydrogens is 432 g/mol. The van der Waals surface area contributed by atoms with E-state index < -0.39 is 0 Å². The summed E-state index contributed by atoms with van der Waals surface area (Å²) in [6, 6.07) is 13.1. The molecule has 1 fully saturated rings. The minimum Gasteiger partial charge on any atom is -0.493 e. The highest BCUT2D eigenvalue weighted by molar-refractivity contribution is 6.10. The second-order valence-corrected chi connectivity index (χ2v) is 8.24. The van der Waals surface area contributed by atoms with E-state index in [0.29, 0.717) is 39.3 Å². The first kappa shape index (κ1) is 21.7. The second-order valence-electron chi connectivity index (χ2n) is 8.24. The number of amides is 1. The molecule has 2 aromatic heterocycles. The van der Waals surface area contributed by atoms with E-state index in [1.807, 2.05) is 36.4 Å². The average molecular weight is 459 g/mol. The maximum Gasteiger partial charge on any atom is 0.257 e. The van der Waals surface area contributed by atoms with Gasteiger partial charge in [0.1, 0.15) is 16.9 Å². The lowest BCUT2D eigenvalue weighted by Crippen LogP contribution is -2.33. The van der Waals surface area contributed by atoms with Gasteiger partial charge in [0.15, 0.2) is 17.1 Å². The summed E-state index contributed by atoms with van der Waals surface area (Å²) in [6.45, 7) is 0. The number of nitrogens with one attached hydrogen (secondary N) is 1. The number of nitrogens with zero attached hydrogens (tertiary/aromatic N) is 4. The highest BCUT2D eigenvalue weighted by Crippen LogP contribution is 2.31. The Morgan fingerprint density at radius 2 is 1.82 bits per heavy atom. The Kier molecular flexibility index (Phi) is 5.75. The fourth-order valence-corrected chi connectivity index (χ4v) is 4.45. The van der Waals surface area contributed by atoms with Crippen molar-refractivity contribution in [1.29, 1.82) is 0 Å². The van der Waals surface area contributed by atoms with E-state index in [1.54, 1.807) is 26.5 Å². The summed E-state index contributed by atoms with van der Waals surface area (Å²) in [5.74, 6) is 1.05. The molecule has 174 valence electrons. The van der Waals surface area contributed by atoms with Crippen LogP contribution in [0.5, 0.6) is 11.5 Å². The number of nitrogens with two attached hydrogens (primary N) is 1. The van der Waals surface area contributed by atoms with Crippen LogP contribution in [-0.2, 0) is 0 Å². The Bertz CT molecular complexity index is 1410. The lowest BCUT2D eigenvalue weighted by Gasteiger charge is -2.11. The lowest BCUT2D eigenvalue weighted by molar-refractivity contribution is 0.0940. The van der Waals surface area contributed by atoms with E-state index in [4.69, 9.17) is 25.2 Å². The zero-order valence-corrected chi connectivity index (χ0v) is 19.1. The highest BCUT2D eigenvalue weighted by atomic mass is 16.5. The molecule has 1 aliphatic rings. The molecule has 34 heavy (non-hydrogen) atoms. The number of nitrogen functional groups attached to an aromatic ring is 1. The van der Waals surface area contributed by atoms with Crippen molar-refractivity contribution >= 4 is 40.1 Å². The summed E-state index contributed by atoms with van der Waals surface area (Å²) < 4.78 is 12.3. The Morgan fingerprint density at radius 1 is 1.09 bits per heavy atom. The third-order valence-electron chi connectivity index (χ3n) is 6.14. The standard InChI is InChI=1S/C25H26N6O3/c1-33-19-13-7-8-15(22(19)34-2)14-27-31-23(26)20(25(32)28-16-9-3-4-10-16)21-24(31)30-18-12-6-5-11-17(18)29-21/h5-8,11-14,16H,3-4,9-10,26H2,1-2H3,(H,28,32)/b27-14-. The van der Waals surface area contributed by atoms with E-state index >= 15 is 0 Å². The monoisotopic (exact) mass is 458 g/mol. The maximum atomic E-state index is 13.3. The van der Waals surface area contributed by atoms with Crippen LogP contribution in [0.3, 0.4) is 0 Å². The fraction of sp³-hybridized carbons (Fsp3) is 0.280. The highest BCUT2D eigenvalue weighted by Gasteiger charge is 2.26. The smallest absolute Gasteiger partial charge is 0.257 e. The van der Waals surface area contributed by atoms with Gasteiger partial charge in [-0.05, 0) is 37.1 Å². The topological polar surface area (TPSA) is 117 Å². The van der Waals surface area contributed by atoms with Crippen molar-refractivity contribution in [2.45, 2.75) is 31.7 Å². The van der Waals surface area contributed by atoms with Gasteiger partial charge in [-0.1, -0.05) is 31.0 Å². The molecule has 0 radical (unpaired) electrons. The maximum absolute atomic E-state index is 13.3. The molecule has 0 saturated heterocycles. The molecule has 2 heterocycles. The number of methoxy groups -OCH3 is 2. The molecule has 4 aromatic rings. The van der Waals surface area contributed by atoms with Gasteiger partial charge in [-0.25, -0.2) is 9.97 Å². The first-order valence-corrected chi connectivity index (χ1v) is 11.2. The number of para-hydroxylation sites is 3. The number of aromatic nitrogens is 3. The number of ether oxygens (including phenoxy) is 2. The van der Waals surface area contributed by atoms with Gasteiger partial charge in [0.25, 0.3) is 5.91 Å². The molecule has 1 amide bonds. The molecule has 3 N–H and O–H groups in total. The van der Waals surface area contributed by atoms with Crippen molar-refractivity contribution in [3.05, 3.63) is 53.6 Å².